The summed E-state index contributed by atoms with van der Waals surface area (Å²) < 4.78 is 5.55. The molecule has 0 aromatic carbocycles. The maximum absolute atomic E-state index is 11.4. The Bertz CT molecular complexity index is 288. The minimum absolute atomic E-state index is 0.148. The monoisotopic (exact) mass is 258 g/mol. The largest absolute Gasteiger partial charge is 0.481 e. The summed E-state index contributed by atoms with van der Waals surface area (Å²) in [6.07, 6.45) is 3.40. The number of carbonyl (C=O) groups excluding carboxylic acids is 1. The summed E-state index contributed by atoms with van der Waals surface area (Å²) >= 11 is 0. The minimum atomic E-state index is -0.800. The summed E-state index contributed by atoms with van der Waals surface area (Å²) in [6, 6.07) is -0.220. The fourth-order valence-corrected chi connectivity index (χ4v) is 1.91. The first-order chi connectivity index (χ1) is 8.52. The number of carbonyl (C=O) groups is 2. The second kappa shape index (κ2) is 7.20. The quantitative estimate of drug-likeness (QED) is 0.597. The van der Waals surface area contributed by atoms with Gasteiger partial charge >= 0.3 is 12.0 Å². The van der Waals surface area contributed by atoms with Gasteiger partial charge in [0.2, 0.25) is 0 Å². The molecule has 0 radical (unpaired) electrons. The Kier molecular flexibility index (Phi) is 5.91. The molecule has 0 bridgehead atoms. The van der Waals surface area contributed by atoms with Crippen molar-refractivity contribution in [1.82, 2.24) is 10.6 Å². The van der Waals surface area contributed by atoms with Crippen LogP contribution in [0, 0.1) is 0 Å². The van der Waals surface area contributed by atoms with Gasteiger partial charge in [0.05, 0.1) is 5.60 Å². The van der Waals surface area contributed by atoms with Crippen molar-refractivity contribution >= 4 is 12.0 Å². The lowest BCUT2D eigenvalue weighted by Gasteiger charge is -2.23. The summed E-state index contributed by atoms with van der Waals surface area (Å²) in [5.41, 5.74) is -0.235. The molecule has 0 aliphatic carbocycles. The van der Waals surface area contributed by atoms with Crippen LogP contribution in [0.1, 0.15) is 39.0 Å². The Morgan fingerprint density at radius 2 is 2.11 bits per heavy atom. The van der Waals surface area contributed by atoms with Crippen LogP contribution in [0.25, 0.3) is 0 Å². The zero-order valence-corrected chi connectivity index (χ0v) is 10.8. The third-order valence-electron chi connectivity index (χ3n) is 3.03. The molecule has 1 saturated heterocycles. The van der Waals surface area contributed by atoms with Crippen LogP contribution in [0.3, 0.4) is 0 Å². The molecular weight excluding hydrogens is 236 g/mol. The Labute approximate surface area is 107 Å². The van der Waals surface area contributed by atoms with E-state index >= 15 is 0 Å². The van der Waals surface area contributed by atoms with Crippen LogP contribution in [0.5, 0.6) is 0 Å². The van der Waals surface area contributed by atoms with Gasteiger partial charge < -0.3 is 20.5 Å². The summed E-state index contributed by atoms with van der Waals surface area (Å²) in [7, 11) is 0. The maximum atomic E-state index is 11.4. The molecule has 6 heteroatoms. The molecule has 1 aliphatic heterocycles. The lowest BCUT2D eigenvalue weighted by Crippen LogP contribution is -2.44. The Morgan fingerprint density at radius 3 is 2.72 bits per heavy atom. The first-order valence-electron chi connectivity index (χ1n) is 6.39. The maximum Gasteiger partial charge on any atom is 0.314 e. The van der Waals surface area contributed by atoms with Crippen molar-refractivity contribution in [3.63, 3.8) is 0 Å². The van der Waals surface area contributed by atoms with Gasteiger partial charge in [-0.3, -0.25) is 4.79 Å². The zero-order chi connectivity index (χ0) is 13.4. The standard InChI is InChI=1S/C12H22N2O4/c1-12(6-4-8-18-12)9-14-11(17)13-7-3-2-5-10(15)16/h2-9H2,1H3,(H,15,16)(H2,13,14,17). The Hall–Kier alpha value is -1.30. The average Bonchev–Trinajstić information content (AvgIpc) is 2.73. The first-order valence-corrected chi connectivity index (χ1v) is 6.39. The Morgan fingerprint density at radius 1 is 1.33 bits per heavy atom. The molecule has 2 amide bonds. The lowest BCUT2D eigenvalue weighted by molar-refractivity contribution is -0.137. The fraction of sp³-hybridized carbons (Fsp3) is 0.833. The number of hydrogen-bond donors (Lipinski definition) is 3. The molecule has 0 saturated carbocycles. The minimum Gasteiger partial charge on any atom is -0.481 e. The molecule has 0 spiro atoms. The van der Waals surface area contributed by atoms with Crippen molar-refractivity contribution in [1.29, 1.82) is 0 Å². The van der Waals surface area contributed by atoms with E-state index in [2.05, 4.69) is 10.6 Å². The van der Waals surface area contributed by atoms with E-state index in [9.17, 15) is 9.59 Å². The van der Waals surface area contributed by atoms with Crippen molar-refractivity contribution in [2.75, 3.05) is 19.7 Å². The number of rotatable bonds is 7. The topological polar surface area (TPSA) is 87.7 Å². The highest BCUT2D eigenvalue weighted by Gasteiger charge is 2.29. The molecule has 3 N–H and O–H groups in total. The summed E-state index contributed by atoms with van der Waals surface area (Å²) in [5.74, 6) is -0.800. The van der Waals surface area contributed by atoms with Gasteiger partial charge in [0.15, 0.2) is 0 Å². The van der Waals surface area contributed by atoms with Crippen LogP contribution in [-0.4, -0.2) is 42.4 Å². The number of nitrogens with one attached hydrogen (secondary N) is 2. The summed E-state index contributed by atoms with van der Waals surface area (Å²) in [4.78, 5) is 21.7. The molecule has 1 fully saturated rings. The number of carboxylic acid groups (broad SMARTS) is 1. The zero-order valence-electron chi connectivity index (χ0n) is 10.8. The van der Waals surface area contributed by atoms with Gasteiger partial charge in [0, 0.05) is 26.1 Å². The number of ether oxygens (including phenoxy) is 1. The molecule has 0 aromatic heterocycles. The highest BCUT2D eigenvalue weighted by Crippen LogP contribution is 2.23. The number of hydrogen-bond acceptors (Lipinski definition) is 3. The Balaban J connectivity index is 2.02. The SMILES string of the molecule is CC1(CNC(=O)NCCCCC(=O)O)CCCO1. The van der Waals surface area contributed by atoms with E-state index in [0.717, 1.165) is 19.4 Å². The molecule has 1 rings (SSSR count). The van der Waals surface area contributed by atoms with Crippen molar-refractivity contribution in [2.45, 2.75) is 44.6 Å². The van der Waals surface area contributed by atoms with Crippen molar-refractivity contribution < 1.29 is 19.4 Å². The summed E-state index contributed by atoms with van der Waals surface area (Å²) in [5, 5.41) is 13.9. The van der Waals surface area contributed by atoms with Gasteiger partial charge in [-0.15, -0.1) is 0 Å². The van der Waals surface area contributed by atoms with Crippen LogP contribution in [-0.2, 0) is 9.53 Å². The average molecular weight is 258 g/mol. The van der Waals surface area contributed by atoms with Crippen LogP contribution in [0.4, 0.5) is 4.79 Å². The van der Waals surface area contributed by atoms with Gasteiger partial charge in [0.1, 0.15) is 0 Å². The van der Waals surface area contributed by atoms with Crippen molar-refractivity contribution in [2.24, 2.45) is 0 Å². The van der Waals surface area contributed by atoms with Gasteiger partial charge in [0.25, 0.3) is 0 Å². The van der Waals surface area contributed by atoms with E-state index in [-0.39, 0.29) is 18.1 Å². The second-order valence-electron chi connectivity index (χ2n) is 4.86. The molecular formula is C12H22N2O4. The highest BCUT2D eigenvalue weighted by atomic mass is 16.5. The fourth-order valence-electron chi connectivity index (χ4n) is 1.91. The molecule has 104 valence electrons. The molecule has 1 atom stereocenters. The predicted molar refractivity (Wildman–Crippen MR) is 66.5 cm³/mol. The van der Waals surface area contributed by atoms with Gasteiger partial charge in [-0.05, 0) is 32.6 Å². The molecule has 1 unspecified atom stereocenters. The predicted octanol–water partition coefficient (Wildman–Crippen LogP) is 1.11. The van der Waals surface area contributed by atoms with Gasteiger partial charge in [-0.25, -0.2) is 4.79 Å². The van der Waals surface area contributed by atoms with E-state index in [1.54, 1.807) is 0 Å². The van der Waals surface area contributed by atoms with E-state index < -0.39 is 5.97 Å². The number of urea groups is 1. The number of amides is 2. The van der Waals surface area contributed by atoms with Crippen LogP contribution in [0.15, 0.2) is 0 Å². The molecule has 6 nitrogen and oxygen atoms in total. The van der Waals surface area contributed by atoms with Crippen LogP contribution >= 0.6 is 0 Å². The van der Waals surface area contributed by atoms with E-state index in [4.69, 9.17) is 9.84 Å². The number of carboxylic acids is 1. The molecule has 1 heterocycles. The van der Waals surface area contributed by atoms with Gasteiger partial charge in [-0.2, -0.15) is 0 Å². The smallest absolute Gasteiger partial charge is 0.314 e. The van der Waals surface area contributed by atoms with E-state index in [1.165, 1.54) is 0 Å². The van der Waals surface area contributed by atoms with E-state index in [0.29, 0.717) is 25.9 Å². The molecule has 0 aromatic rings. The number of unbranched alkanes of at least 4 members (excludes halogenated alkanes) is 1. The van der Waals surface area contributed by atoms with Gasteiger partial charge in [-0.1, -0.05) is 0 Å². The summed E-state index contributed by atoms with van der Waals surface area (Å²) in [6.45, 7) is 3.76. The van der Waals surface area contributed by atoms with Crippen molar-refractivity contribution in [3.05, 3.63) is 0 Å². The highest BCUT2D eigenvalue weighted by molar-refractivity contribution is 5.73. The van der Waals surface area contributed by atoms with E-state index in [1.807, 2.05) is 6.92 Å². The van der Waals surface area contributed by atoms with Crippen LogP contribution < -0.4 is 10.6 Å². The molecule has 1 aliphatic rings. The van der Waals surface area contributed by atoms with Crippen LogP contribution in [0.2, 0.25) is 0 Å². The normalized spacial score (nSPS) is 22.7. The third kappa shape index (κ3) is 5.86. The van der Waals surface area contributed by atoms with Crippen molar-refractivity contribution in [3.8, 4) is 0 Å². The lowest BCUT2D eigenvalue weighted by atomic mass is 10.0. The first kappa shape index (κ1) is 14.8. The molecule has 18 heavy (non-hydrogen) atoms. The third-order valence-corrected chi connectivity index (χ3v) is 3.03. The number of aliphatic carboxylic acids is 1. The second-order valence-corrected chi connectivity index (χ2v) is 4.86.